The van der Waals surface area contributed by atoms with Gasteiger partial charge in [-0.15, -0.1) is 0 Å². The lowest BCUT2D eigenvalue weighted by atomic mass is 9.83. The lowest BCUT2D eigenvalue weighted by Gasteiger charge is -2.33. The molecule has 0 amide bonds. The quantitative estimate of drug-likeness (QED) is 0.311. The van der Waals surface area contributed by atoms with Crippen LogP contribution in [0.15, 0.2) is 54.6 Å². The molecule has 0 aliphatic heterocycles. The van der Waals surface area contributed by atoms with Gasteiger partial charge >= 0.3 is 0 Å². The Morgan fingerprint density at radius 2 is 1.41 bits per heavy atom. The zero-order valence-corrected chi connectivity index (χ0v) is 18.1. The lowest BCUT2D eigenvalue weighted by Crippen LogP contribution is -2.38. The summed E-state index contributed by atoms with van der Waals surface area (Å²) in [6, 6.07) is 11.6. The summed E-state index contributed by atoms with van der Waals surface area (Å²) in [6.07, 6.45) is 0. The van der Waals surface area contributed by atoms with E-state index >= 15 is 0 Å². The molecule has 3 aromatic rings. The molecule has 0 saturated heterocycles. The molecule has 0 heterocycles. The molecule has 0 radical (unpaired) electrons. The van der Waals surface area contributed by atoms with Crippen molar-refractivity contribution in [3.63, 3.8) is 0 Å². The second kappa shape index (κ2) is 7.87. The SMILES string of the molecule is O=S(=O)(O)C(c1cccc(O)c1)(c1ccc(Cl)c(Cl)c1)c1ccc(O)c(Cl)c1Cl. The van der Waals surface area contributed by atoms with Crippen LogP contribution in [-0.4, -0.2) is 23.2 Å². The molecule has 152 valence electrons. The van der Waals surface area contributed by atoms with Gasteiger partial charge in [0.25, 0.3) is 10.1 Å². The molecule has 29 heavy (non-hydrogen) atoms. The average molecular weight is 494 g/mol. The van der Waals surface area contributed by atoms with Crippen molar-refractivity contribution in [1.82, 2.24) is 0 Å². The molecule has 3 N–H and O–H groups in total. The predicted octanol–water partition coefficient (Wildman–Crippen LogP) is 5.89. The third-order valence-corrected chi connectivity index (χ3v) is 7.48. The van der Waals surface area contributed by atoms with Gasteiger partial charge in [-0.3, -0.25) is 4.55 Å². The number of phenolic OH excluding ortho intramolecular Hbond substituents is 2. The molecule has 0 aromatic heterocycles. The van der Waals surface area contributed by atoms with Gasteiger partial charge in [0, 0.05) is 5.56 Å². The Labute approximate surface area is 186 Å². The van der Waals surface area contributed by atoms with Crippen LogP contribution in [0.4, 0.5) is 0 Å². The van der Waals surface area contributed by atoms with E-state index in [1.807, 2.05) is 0 Å². The van der Waals surface area contributed by atoms with Crippen LogP contribution in [0, 0.1) is 0 Å². The number of rotatable bonds is 4. The molecular formula is C19H12Cl4O5S. The van der Waals surface area contributed by atoms with E-state index in [2.05, 4.69) is 0 Å². The molecule has 1 unspecified atom stereocenters. The molecule has 0 spiro atoms. The van der Waals surface area contributed by atoms with Crippen molar-refractivity contribution in [2.75, 3.05) is 0 Å². The third-order valence-electron chi connectivity index (χ3n) is 4.41. The maximum absolute atomic E-state index is 12.9. The first-order chi connectivity index (χ1) is 13.5. The zero-order valence-electron chi connectivity index (χ0n) is 14.3. The van der Waals surface area contributed by atoms with Crippen LogP contribution in [0.2, 0.25) is 20.1 Å². The monoisotopic (exact) mass is 492 g/mol. The van der Waals surface area contributed by atoms with Crippen LogP contribution in [0.25, 0.3) is 0 Å². The highest BCUT2D eigenvalue weighted by atomic mass is 35.5. The predicted molar refractivity (Wildman–Crippen MR) is 114 cm³/mol. The lowest BCUT2D eigenvalue weighted by molar-refractivity contribution is 0.455. The summed E-state index contributed by atoms with van der Waals surface area (Å²) in [4.78, 5) is 0. The molecule has 0 fully saturated rings. The standard InChI is InChI=1S/C19H12Cl4O5S/c20-14-6-4-11(9-15(14)21)19(29(26,27)28,10-2-1-3-12(24)8-10)13-5-7-16(25)18(23)17(13)22/h1-9,24-25H,(H,26,27,28). The second-order valence-electron chi connectivity index (χ2n) is 6.10. The van der Waals surface area contributed by atoms with Gasteiger partial charge < -0.3 is 10.2 Å². The molecule has 0 saturated carbocycles. The highest BCUT2D eigenvalue weighted by Crippen LogP contribution is 2.50. The average Bonchev–Trinajstić information content (AvgIpc) is 2.64. The molecule has 10 heteroatoms. The van der Waals surface area contributed by atoms with E-state index in [0.717, 1.165) is 12.1 Å². The Morgan fingerprint density at radius 1 is 0.759 bits per heavy atom. The molecular weight excluding hydrogens is 482 g/mol. The number of aromatic hydroxyl groups is 2. The second-order valence-corrected chi connectivity index (χ2v) is 9.23. The van der Waals surface area contributed by atoms with Crippen molar-refractivity contribution < 1.29 is 23.2 Å². The fraction of sp³-hybridized carbons (Fsp3) is 0.0526. The van der Waals surface area contributed by atoms with E-state index in [1.54, 1.807) is 0 Å². The summed E-state index contributed by atoms with van der Waals surface area (Å²) >= 11 is 24.4. The van der Waals surface area contributed by atoms with Gasteiger partial charge in [-0.25, -0.2) is 0 Å². The van der Waals surface area contributed by atoms with Crippen LogP contribution in [-0.2, 0) is 14.9 Å². The van der Waals surface area contributed by atoms with Crippen molar-refractivity contribution in [2.24, 2.45) is 0 Å². The Balaban J connectivity index is 2.58. The molecule has 0 aliphatic carbocycles. The Hall–Kier alpha value is -1.67. The van der Waals surface area contributed by atoms with E-state index in [-0.39, 0.29) is 48.3 Å². The van der Waals surface area contributed by atoms with E-state index < -0.39 is 14.9 Å². The van der Waals surface area contributed by atoms with Crippen LogP contribution < -0.4 is 0 Å². The van der Waals surface area contributed by atoms with E-state index in [1.165, 1.54) is 42.5 Å². The number of halogens is 4. The summed E-state index contributed by atoms with van der Waals surface area (Å²) in [7, 11) is -5.02. The summed E-state index contributed by atoms with van der Waals surface area (Å²) < 4.78 is 34.0. The summed E-state index contributed by atoms with van der Waals surface area (Å²) in [6.45, 7) is 0. The largest absolute Gasteiger partial charge is 0.508 e. The van der Waals surface area contributed by atoms with Gasteiger partial charge in [0.05, 0.1) is 15.1 Å². The van der Waals surface area contributed by atoms with Crippen molar-refractivity contribution in [3.05, 3.63) is 91.4 Å². The van der Waals surface area contributed by atoms with Crippen LogP contribution in [0.3, 0.4) is 0 Å². The minimum atomic E-state index is -5.02. The Bertz CT molecular complexity index is 1210. The number of hydrogen-bond acceptors (Lipinski definition) is 4. The van der Waals surface area contributed by atoms with Gasteiger partial charge in [0.15, 0.2) is 4.75 Å². The number of benzene rings is 3. The van der Waals surface area contributed by atoms with Gasteiger partial charge in [-0.1, -0.05) is 70.7 Å². The normalized spacial score (nSPS) is 13.8. The number of hydrogen-bond donors (Lipinski definition) is 3. The highest BCUT2D eigenvalue weighted by Gasteiger charge is 2.50. The molecule has 1 atom stereocenters. The Morgan fingerprint density at radius 3 is 2.00 bits per heavy atom. The van der Waals surface area contributed by atoms with Crippen molar-refractivity contribution >= 4 is 56.5 Å². The first kappa shape index (κ1) is 22.0. The molecule has 0 bridgehead atoms. The first-order valence-corrected chi connectivity index (χ1v) is 10.8. The minimum absolute atomic E-state index is 0.0105. The van der Waals surface area contributed by atoms with Crippen LogP contribution >= 0.6 is 46.4 Å². The van der Waals surface area contributed by atoms with Gasteiger partial charge in [-0.2, -0.15) is 8.42 Å². The fourth-order valence-electron chi connectivity index (χ4n) is 3.17. The smallest absolute Gasteiger partial charge is 0.283 e. The van der Waals surface area contributed by atoms with Crippen molar-refractivity contribution in [1.29, 1.82) is 0 Å². The van der Waals surface area contributed by atoms with Crippen molar-refractivity contribution in [2.45, 2.75) is 4.75 Å². The maximum atomic E-state index is 12.9. The van der Waals surface area contributed by atoms with Crippen LogP contribution in [0.1, 0.15) is 16.7 Å². The van der Waals surface area contributed by atoms with Gasteiger partial charge in [0.1, 0.15) is 16.5 Å². The molecule has 0 aliphatic rings. The fourth-order valence-corrected chi connectivity index (χ4v) is 5.28. The zero-order chi connectivity index (χ0) is 21.6. The molecule has 3 aromatic carbocycles. The van der Waals surface area contributed by atoms with Gasteiger partial charge in [0.2, 0.25) is 0 Å². The minimum Gasteiger partial charge on any atom is -0.508 e. The highest BCUT2D eigenvalue weighted by molar-refractivity contribution is 7.87. The molecule has 3 rings (SSSR count). The first-order valence-electron chi connectivity index (χ1n) is 7.89. The van der Waals surface area contributed by atoms with Gasteiger partial charge in [-0.05, 0) is 41.5 Å². The van der Waals surface area contributed by atoms with Crippen molar-refractivity contribution in [3.8, 4) is 11.5 Å². The van der Waals surface area contributed by atoms with E-state index in [9.17, 15) is 23.2 Å². The summed E-state index contributed by atoms with van der Waals surface area (Å²) in [5, 5.41) is 19.4. The topological polar surface area (TPSA) is 94.8 Å². The van der Waals surface area contributed by atoms with E-state index in [0.29, 0.717) is 0 Å². The van der Waals surface area contributed by atoms with E-state index in [4.69, 9.17) is 46.4 Å². The Kier molecular flexibility index (Phi) is 5.98. The van der Waals surface area contributed by atoms with Crippen LogP contribution in [0.5, 0.6) is 11.5 Å². The maximum Gasteiger partial charge on any atom is 0.283 e. The molecule has 5 nitrogen and oxygen atoms in total. The summed E-state index contributed by atoms with van der Waals surface area (Å²) in [5.41, 5.74) is -0.209. The summed E-state index contributed by atoms with van der Waals surface area (Å²) in [5.74, 6) is -0.633. The third kappa shape index (κ3) is 3.65. The number of phenols is 2.